The van der Waals surface area contributed by atoms with E-state index >= 15 is 0 Å². The van der Waals surface area contributed by atoms with Crippen LogP contribution in [0.2, 0.25) is 0 Å². The summed E-state index contributed by atoms with van der Waals surface area (Å²) in [6, 6.07) is 11.6. The van der Waals surface area contributed by atoms with E-state index in [-0.39, 0.29) is 61.6 Å². The molecule has 1 unspecified atom stereocenters. The molecule has 5 N–H and O–H groups in total. The van der Waals surface area contributed by atoms with Crippen LogP contribution in [0.1, 0.15) is 69.6 Å². The van der Waals surface area contributed by atoms with Crippen LogP contribution >= 0.6 is 0 Å². The summed E-state index contributed by atoms with van der Waals surface area (Å²) in [7, 11) is 0. The first-order chi connectivity index (χ1) is 30.2. The molecule has 3 fully saturated rings. The van der Waals surface area contributed by atoms with Gasteiger partial charge in [-0.2, -0.15) is 0 Å². The normalized spacial score (nSPS) is 17.8. The Hall–Kier alpha value is -6.57. The van der Waals surface area contributed by atoms with Gasteiger partial charge in [0.25, 0.3) is 17.7 Å². The zero-order chi connectivity index (χ0) is 43.0. The molecule has 1 atom stereocenters. The molecule has 4 aliphatic rings. The van der Waals surface area contributed by atoms with Gasteiger partial charge in [-0.15, -0.1) is 0 Å². The fraction of sp³-hybridized carbons (Fsp3) is 0.419. The second kappa shape index (κ2) is 19.4. The van der Waals surface area contributed by atoms with Crippen molar-refractivity contribution in [2.45, 2.75) is 56.7 Å². The van der Waals surface area contributed by atoms with Crippen LogP contribution in [0.3, 0.4) is 0 Å². The third-order valence-corrected chi connectivity index (χ3v) is 11.0. The van der Waals surface area contributed by atoms with Gasteiger partial charge in [-0.1, -0.05) is 6.07 Å². The number of fused-ring (bicyclic) bond motifs is 2. The number of hydrogen-bond donors (Lipinski definition) is 5. The standard InChI is InChI=1S/C43H48N10O9/c54-37-9-7-34(41(57)51-37)53-42(58)29-2-1-3-32(39(29)43(53)59)45-14-17-60-18-19-61-20-21-62-25-38(55)52-15-11-28(12-16-52)48-40(56)30-24-46-36(22-33(30)47-27-5-6-27)50-35-8-4-26-23-44-13-10-31(26)49-35/h1-4,8,10,13,22-24,27-28,34,45H,5-7,9,11-12,14-21,25H2,(H,48,56)(H,51,54,57)(H2,46,47,49,50). The first-order valence-corrected chi connectivity index (χ1v) is 20.9. The molecule has 6 heterocycles. The van der Waals surface area contributed by atoms with Gasteiger partial charge in [0.2, 0.25) is 17.7 Å². The summed E-state index contributed by atoms with van der Waals surface area (Å²) in [6.07, 6.45) is 8.49. The fourth-order valence-electron chi connectivity index (χ4n) is 7.58. The number of ether oxygens (including phenoxy) is 3. The van der Waals surface area contributed by atoms with Gasteiger partial charge < -0.3 is 40.4 Å². The molecule has 324 valence electrons. The van der Waals surface area contributed by atoms with E-state index in [1.54, 1.807) is 35.6 Å². The number of aromatic nitrogens is 3. The van der Waals surface area contributed by atoms with Crippen LogP contribution in [0.4, 0.5) is 23.0 Å². The highest BCUT2D eigenvalue weighted by molar-refractivity contribution is 6.25. The lowest BCUT2D eigenvalue weighted by Crippen LogP contribution is -2.54. The zero-order valence-corrected chi connectivity index (χ0v) is 34.0. The summed E-state index contributed by atoms with van der Waals surface area (Å²) < 4.78 is 16.8. The predicted molar refractivity (Wildman–Crippen MR) is 225 cm³/mol. The Morgan fingerprint density at radius 1 is 0.806 bits per heavy atom. The molecule has 19 heteroatoms. The average Bonchev–Trinajstić information content (AvgIpc) is 4.06. The van der Waals surface area contributed by atoms with Crippen molar-refractivity contribution < 1.29 is 43.0 Å². The molecule has 3 aliphatic heterocycles. The lowest BCUT2D eigenvalue weighted by atomic mass is 10.0. The van der Waals surface area contributed by atoms with Crippen molar-refractivity contribution >= 4 is 69.4 Å². The topological polar surface area (TPSA) is 235 Å². The molecular weight excluding hydrogens is 801 g/mol. The number of anilines is 4. The summed E-state index contributed by atoms with van der Waals surface area (Å²) in [5.41, 5.74) is 2.82. The number of nitrogens with zero attached hydrogens (tertiary/aromatic N) is 5. The van der Waals surface area contributed by atoms with Gasteiger partial charge in [0.1, 0.15) is 24.3 Å². The molecule has 0 spiro atoms. The van der Waals surface area contributed by atoms with Crippen molar-refractivity contribution in [1.29, 1.82) is 0 Å². The van der Waals surface area contributed by atoms with E-state index in [2.05, 4.69) is 41.5 Å². The number of carbonyl (C=O) groups excluding carboxylic acids is 6. The molecule has 0 radical (unpaired) electrons. The highest BCUT2D eigenvalue weighted by Gasteiger charge is 2.45. The molecule has 8 rings (SSSR count). The number of pyridine rings is 3. The Labute approximate surface area is 356 Å². The second-order valence-electron chi connectivity index (χ2n) is 15.4. The van der Waals surface area contributed by atoms with Gasteiger partial charge in [0, 0.05) is 73.9 Å². The fourth-order valence-corrected chi connectivity index (χ4v) is 7.58. The van der Waals surface area contributed by atoms with Gasteiger partial charge >= 0.3 is 0 Å². The van der Waals surface area contributed by atoms with Crippen molar-refractivity contribution in [1.82, 2.24) is 35.4 Å². The number of benzene rings is 1. The molecule has 3 aromatic heterocycles. The number of amides is 6. The van der Waals surface area contributed by atoms with Crippen LogP contribution < -0.4 is 26.6 Å². The lowest BCUT2D eigenvalue weighted by Gasteiger charge is -2.32. The van der Waals surface area contributed by atoms with E-state index in [4.69, 9.17) is 14.2 Å². The van der Waals surface area contributed by atoms with Gasteiger partial charge in [0.15, 0.2) is 0 Å². The van der Waals surface area contributed by atoms with Gasteiger partial charge in [-0.05, 0) is 62.4 Å². The molecule has 2 saturated heterocycles. The first-order valence-electron chi connectivity index (χ1n) is 20.9. The minimum absolute atomic E-state index is 0.0496. The molecule has 6 amide bonds. The van der Waals surface area contributed by atoms with Crippen molar-refractivity contribution in [3.05, 3.63) is 77.7 Å². The first kappa shape index (κ1) is 42.1. The maximum absolute atomic E-state index is 13.5. The van der Waals surface area contributed by atoms with Gasteiger partial charge in [0.05, 0.1) is 60.9 Å². The van der Waals surface area contributed by atoms with Gasteiger partial charge in [-0.25, -0.2) is 9.97 Å². The number of hydrogen-bond acceptors (Lipinski definition) is 15. The Morgan fingerprint density at radius 2 is 1.60 bits per heavy atom. The Balaban J connectivity index is 0.687. The van der Waals surface area contributed by atoms with Crippen LogP contribution in [-0.2, 0) is 28.6 Å². The summed E-state index contributed by atoms with van der Waals surface area (Å²) in [6.45, 7) is 2.69. The predicted octanol–water partition coefficient (Wildman–Crippen LogP) is 2.63. The molecule has 4 aromatic rings. The minimum Gasteiger partial charge on any atom is -0.382 e. The maximum Gasteiger partial charge on any atom is 0.264 e. The second-order valence-corrected chi connectivity index (χ2v) is 15.4. The highest BCUT2D eigenvalue weighted by atomic mass is 16.5. The molecule has 19 nitrogen and oxygen atoms in total. The number of likely N-dealkylation sites (tertiary alicyclic amines) is 1. The van der Waals surface area contributed by atoms with Crippen LogP contribution in [0.25, 0.3) is 10.9 Å². The molecule has 62 heavy (non-hydrogen) atoms. The van der Waals surface area contributed by atoms with E-state index in [1.165, 1.54) is 6.07 Å². The quantitative estimate of drug-likeness (QED) is 0.0674. The van der Waals surface area contributed by atoms with Crippen LogP contribution in [0.15, 0.2) is 61.1 Å². The SMILES string of the molecule is O=C1CCC(N2C(=O)c3cccc(NCCOCCOCCOCC(=O)N4CCC(NC(=O)c5cnc(Nc6ccc7cnccc7n6)cc5NC5CC5)CC4)c3C2=O)C(=O)N1. The number of carbonyl (C=O) groups is 6. The summed E-state index contributed by atoms with van der Waals surface area (Å²) in [5.74, 6) is -1.37. The van der Waals surface area contributed by atoms with E-state index in [1.807, 2.05) is 24.3 Å². The number of nitrogens with one attached hydrogen (secondary N) is 5. The molecule has 0 bridgehead atoms. The van der Waals surface area contributed by atoms with Crippen LogP contribution in [0, 0.1) is 0 Å². The minimum atomic E-state index is -1.03. The van der Waals surface area contributed by atoms with Crippen molar-refractivity contribution in [2.75, 3.05) is 75.2 Å². The summed E-state index contributed by atoms with van der Waals surface area (Å²) in [5, 5.41) is 16.1. The van der Waals surface area contributed by atoms with E-state index in [9.17, 15) is 28.8 Å². The largest absolute Gasteiger partial charge is 0.382 e. The Bertz CT molecular complexity index is 2350. The summed E-state index contributed by atoms with van der Waals surface area (Å²) >= 11 is 0. The number of piperidine rings is 2. The smallest absolute Gasteiger partial charge is 0.264 e. The molecule has 1 aromatic carbocycles. The molecule has 1 aliphatic carbocycles. The van der Waals surface area contributed by atoms with Crippen LogP contribution in [0.5, 0.6) is 0 Å². The number of rotatable bonds is 19. The maximum atomic E-state index is 13.5. The van der Waals surface area contributed by atoms with Crippen molar-refractivity contribution in [3.8, 4) is 0 Å². The summed E-state index contributed by atoms with van der Waals surface area (Å²) in [4.78, 5) is 92.4. The Kier molecular flexibility index (Phi) is 13.2. The third-order valence-electron chi connectivity index (χ3n) is 11.0. The van der Waals surface area contributed by atoms with E-state index in [0.29, 0.717) is 86.9 Å². The lowest BCUT2D eigenvalue weighted by molar-refractivity contribution is -0.138. The van der Waals surface area contributed by atoms with Crippen molar-refractivity contribution in [3.63, 3.8) is 0 Å². The average molecular weight is 849 g/mol. The monoisotopic (exact) mass is 848 g/mol. The zero-order valence-electron chi connectivity index (χ0n) is 34.0. The third kappa shape index (κ3) is 10.1. The Morgan fingerprint density at radius 3 is 2.39 bits per heavy atom. The highest BCUT2D eigenvalue weighted by Crippen LogP contribution is 2.33. The van der Waals surface area contributed by atoms with E-state index < -0.39 is 29.7 Å². The molecule has 1 saturated carbocycles. The van der Waals surface area contributed by atoms with E-state index in [0.717, 1.165) is 28.6 Å². The molecular formula is C43H48N10O9. The van der Waals surface area contributed by atoms with Crippen LogP contribution in [-0.4, -0.2) is 138 Å². The van der Waals surface area contributed by atoms with Crippen molar-refractivity contribution in [2.24, 2.45) is 0 Å². The number of imide groups is 2. The van der Waals surface area contributed by atoms with Gasteiger partial charge in [-0.3, -0.25) is 44.0 Å².